The second kappa shape index (κ2) is 11.4. The lowest BCUT2D eigenvalue weighted by atomic mass is 10.1. The highest BCUT2D eigenvalue weighted by Gasteiger charge is 2.26. The van der Waals surface area contributed by atoms with E-state index in [4.69, 9.17) is 9.15 Å². The fourth-order valence-corrected chi connectivity index (χ4v) is 3.25. The Balaban J connectivity index is 2.11. The maximum absolute atomic E-state index is 13.2. The molecule has 6 heteroatoms. The third-order valence-corrected chi connectivity index (χ3v) is 4.95. The van der Waals surface area contributed by atoms with E-state index in [9.17, 15) is 9.59 Å². The molecule has 0 bridgehead atoms. The molecule has 29 heavy (non-hydrogen) atoms. The zero-order valence-corrected chi connectivity index (χ0v) is 17.9. The molecule has 0 aliphatic heterocycles. The molecule has 0 saturated heterocycles. The van der Waals surface area contributed by atoms with Gasteiger partial charge in [0.05, 0.1) is 20.2 Å². The quantitative estimate of drug-likeness (QED) is 0.541. The zero-order valence-electron chi connectivity index (χ0n) is 17.9. The summed E-state index contributed by atoms with van der Waals surface area (Å²) in [6.07, 6.45) is 1.60. The minimum atomic E-state index is -0.467. The molecule has 2 rings (SSSR count). The number of nitrogens with zero attached hydrogens (tertiary/aromatic N) is 2. The second-order valence-corrected chi connectivity index (χ2v) is 7.23. The van der Waals surface area contributed by atoms with E-state index >= 15 is 0 Å². The molecule has 1 aromatic heterocycles. The second-order valence-electron chi connectivity index (χ2n) is 7.23. The van der Waals surface area contributed by atoms with Crippen LogP contribution in [0.5, 0.6) is 0 Å². The van der Waals surface area contributed by atoms with Gasteiger partial charge in [-0.2, -0.15) is 0 Å². The van der Waals surface area contributed by atoms with Crippen molar-refractivity contribution in [1.82, 2.24) is 9.80 Å². The van der Waals surface area contributed by atoms with Crippen LogP contribution in [0.15, 0.2) is 46.9 Å². The normalized spacial score (nSPS) is 12.0. The smallest absolute Gasteiger partial charge is 0.322 e. The van der Waals surface area contributed by atoms with Gasteiger partial charge in [-0.25, -0.2) is 0 Å². The van der Waals surface area contributed by atoms with Crippen molar-refractivity contribution in [3.63, 3.8) is 0 Å². The van der Waals surface area contributed by atoms with Gasteiger partial charge in [-0.3, -0.25) is 14.5 Å². The highest BCUT2D eigenvalue weighted by atomic mass is 16.5. The molecule has 1 aromatic carbocycles. The van der Waals surface area contributed by atoms with Crippen LogP contribution in [-0.2, 0) is 27.3 Å². The lowest BCUT2D eigenvalue weighted by Gasteiger charge is -2.29. The molecule has 0 radical (unpaired) electrons. The van der Waals surface area contributed by atoms with Crippen molar-refractivity contribution in [2.45, 2.75) is 46.2 Å². The van der Waals surface area contributed by atoms with Gasteiger partial charge in [0.1, 0.15) is 17.6 Å². The van der Waals surface area contributed by atoms with Crippen molar-refractivity contribution in [2.24, 2.45) is 0 Å². The van der Waals surface area contributed by atoms with Crippen LogP contribution in [0, 0.1) is 6.92 Å². The Morgan fingerprint density at radius 2 is 1.83 bits per heavy atom. The van der Waals surface area contributed by atoms with Crippen LogP contribution in [-0.4, -0.2) is 54.5 Å². The summed E-state index contributed by atoms with van der Waals surface area (Å²) < 4.78 is 10.6. The van der Waals surface area contributed by atoms with Crippen molar-refractivity contribution < 1.29 is 18.7 Å². The van der Waals surface area contributed by atoms with Crippen LogP contribution in [0.25, 0.3) is 0 Å². The number of furan rings is 1. The van der Waals surface area contributed by atoms with Crippen LogP contribution in [0.4, 0.5) is 0 Å². The van der Waals surface area contributed by atoms with Crippen molar-refractivity contribution in [1.29, 1.82) is 0 Å². The van der Waals surface area contributed by atoms with Crippen LogP contribution in [0.3, 0.4) is 0 Å². The predicted molar refractivity (Wildman–Crippen MR) is 112 cm³/mol. The molecule has 158 valence electrons. The number of carbonyl (C=O) groups excluding carboxylic acids is 2. The largest absolute Gasteiger partial charge is 0.468 e. The molecule has 0 unspecified atom stereocenters. The van der Waals surface area contributed by atoms with Gasteiger partial charge in [-0.15, -0.1) is 0 Å². The first-order valence-corrected chi connectivity index (χ1v) is 10.1. The molecule has 0 N–H and O–H groups in total. The van der Waals surface area contributed by atoms with Gasteiger partial charge in [-0.05, 0) is 50.9 Å². The summed E-state index contributed by atoms with van der Waals surface area (Å²) in [7, 11) is 1.37. The fraction of sp³-hybridized carbons (Fsp3) is 0.478. The summed E-state index contributed by atoms with van der Waals surface area (Å²) in [5.41, 5.74) is 1.18. The minimum absolute atomic E-state index is 0.0285. The third-order valence-electron chi connectivity index (χ3n) is 4.95. The fourth-order valence-electron chi connectivity index (χ4n) is 3.25. The standard InChI is InChI=1S/C23H32N2O4/c1-5-14-24(19(3)23(27)28-4)17-22(26)25(16-21-12-11-18(2)29-21)15-13-20-9-7-6-8-10-20/h6-12,19H,5,13-17H2,1-4H3/t19-/m0/s1. The molecule has 2 aromatic rings. The molecule has 0 aliphatic carbocycles. The molecule has 0 spiro atoms. The number of hydrogen-bond donors (Lipinski definition) is 0. The molecule has 0 aliphatic rings. The van der Waals surface area contributed by atoms with Crippen molar-refractivity contribution in [3.05, 3.63) is 59.5 Å². The van der Waals surface area contributed by atoms with Crippen molar-refractivity contribution in [2.75, 3.05) is 26.7 Å². The topological polar surface area (TPSA) is 63.0 Å². The van der Waals surface area contributed by atoms with Gasteiger partial charge in [0.25, 0.3) is 0 Å². The Morgan fingerprint density at radius 1 is 1.10 bits per heavy atom. The van der Waals surface area contributed by atoms with E-state index in [1.54, 1.807) is 11.8 Å². The van der Waals surface area contributed by atoms with Crippen LogP contribution >= 0.6 is 0 Å². The van der Waals surface area contributed by atoms with E-state index in [0.29, 0.717) is 19.6 Å². The van der Waals surface area contributed by atoms with Gasteiger partial charge in [0, 0.05) is 6.54 Å². The summed E-state index contributed by atoms with van der Waals surface area (Å²) in [6, 6.07) is 13.4. The highest BCUT2D eigenvalue weighted by Crippen LogP contribution is 2.13. The van der Waals surface area contributed by atoms with E-state index in [1.165, 1.54) is 12.7 Å². The first-order valence-electron chi connectivity index (χ1n) is 10.1. The monoisotopic (exact) mass is 400 g/mol. The summed E-state index contributed by atoms with van der Waals surface area (Å²) in [5.74, 6) is 1.22. The van der Waals surface area contributed by atoms with Crippen molar-refractivity contribution >= 4 is 11.9 Å². The first kappa shape index (κ1) is 22.7. The van der Waals surface area contributed by atoms with Crippen LogP contribution in [0.1, 0.15) is 37.4 Å². The lowest BCUT2D eigenvalue weighted by molar-refractivity contribution is -0.147. The zero-order chi connectivity index (χ0) is 21.2. The minimum Gasteiger partial charge on any atom is -0.468 e. The number of ether oxygens (including phenoxy) is 1. The van der Waals surface area contributed by atoms with Crippen LogP contribution in [0.2, 0.25) is 0 Å². The van der Waals surface area contributed by atoms with Gasteiger partial charge in [-0.1, -0.05) is 37.3 Å². The molecular weight excluding hydrogens is 368 g/mol. The molecule has 0 fully saturated rings. The first-order chi connectivity index (χ1) is 13.9. The van der Waals surface area contributed by atoms with E-state index < -0.39 is 6.04 Å². The number of rotatable bonds is 11. The van der Waals surface area contributed by atoms with Gasteiger partial charge in [0.2, 0.25) is 5.91 Å². The maximum atomic E-state index is 13.2. The average Bonchev–Trinajstić information content (AvgIpc) is 3.14. The molecular formula is C23H32N2O4. The van der Waals surface area contributed by atoms with E-state index in [-0.39, 0.29) is 18.4 Å². The van der Waals surface area contributed by atoms with Gasteiger partial charge < -0.3 is 14.1 Å². The molecule has 1 heterocycles. The Labute approximate surface area is 173 Å². The average molecular weight is 401 g/mol. The Hall–Kier alpha value is -2.60. The number of amides is 1. The van der Waals surface area contributed by atoms with Gasteiger partial charge in [0.15, 0.2) is 0 Å². The van der Waals surface area contributed by atoms with E-state index in [2.05, 4.69) is 12.1 Å². The lowest BCUT2D eigenvalue weighted by Crippen LogP contribution is -2.47. The number of methoxy groups -OCH3 is 1. The number of hydrogen-bond acceptors (Lipinski definition) is 5. The maximum Gasteiger partial charge on any atom is 0.322 e. The molecule has 1 amide bonds. The molecule has 0 saturated carbocycles. The summed E-state index contributed by atoms with van der Waals surface area (Å²) in [5, 5.41) is 0. The summed E-state index contributed by atoms with van der Waals surface area (Å²) in [4.78, 5) is 28.8. The summed E-state index contributed by atoms with van der Waals surface area (Å²) >= 11 is 0. The Bertz CT molecular complexity index is 772. The Kier molecular flexibility index (Phi) is 8.93. The molecule has 1 atom stereocenters. The number of benzene rings is 1. The number of esters is 1. The van der Waals surface area contributed by atoms with E-state index in [1.807, 2.05) is 49.1 Å². The highest BCUT2D eigenvalue weighted by molar-refractivity contribution is 5.80. The summed E-state index contributed by atoms with van der Waals surface area (Å²) in [6.45, 7) is 7.49. The third kappa shape index (κ3) is 7.06. The van der Waals surface area contributed by atoms with E-state index in [0.717, 1.165) is 24.4 Å². The number of carbonyl (C=O) groups is 2. The number of aryl methyl sites for hydroxylation is 1. The predicted octanol–water partition coefficient (Wildman–Crippen LogP) is 3.43. The van der Waals surface area contributed by atoms with Gasteiger partial charge >= 0.3 is 5.97 Å². The van der Waals surface area contributed by atoms with Crippen molar-refractivity contribution in [3.8, 4) is 0 Å². The SMILES string of the molecule is CCCN(CC(=O)N(CCc1ccccc1)Cc1ccc(C)o1)[C@@H](C)C(=O)OC. The molecule has 6 nitrogen and oxygen atoms in total. The Morgan fingerprint density at radius 3 is 2.41 bits per heavy atom. The van der Waals surface area contributed by atoms with Crippen LogP contribution < -0.4 is 0 Å².